The summed E-state index contributed by atoms with van der Waals surface area (Å²) in [6.07, 6.45) is 0.187. The van der Waals surface area contributed by atoms with Gasteiger partial charge in [-0.05, 0) is 47.0 Å². The van der Waals surface area contributed by atoms with Gasteiger partial charge in [-0.2, -0.15) is 0 Å². The lowest BCUT2D eigenvalue weighted by molar-refractivity contribution is 0.0252. The van der Waals surface area contributed by atoms with Gasteiger partial charge in [-0.1, -0.05) is 36.4 Å². The predicted octanol–water partition coefficient (Wildman–Crippen LogP) is 3.80. The number of rotatable bonds is 4. The number of benzene rings is 3. The van der Waals surface area contributed by atoms with Crippen LogP contribution in [0.5, 0.6) is 11.5 Å². The first-order valence-corrected chi connectivity index (χ1v) is 9.73. The minimum atomic E-state index is -0.363. The molecule has 0 spiro atoms. The summed E-state index contributed by atoms with van der Waals surface area (Å²) >= 11 is 0. The second-order valence-electron chi connectivity index (χ2n) is 7.25. The summed E-state index contributed by atoms with van der Waals surface area (Å²) in [7, 11) is 0. The first kappa shape index (κ1) is 18.2. The van der Waals surface area contributed by atoms with Gasteiger partial charge in [-0.15, -0.1) is 0 Å². The van der Waals surface area contributed by atoms with Crippen LogP contribution in [-0.4, -0.2) is 18.7 Å². The molecule has 1 N–H and O–H groups in total. The number of amides is 1. The Kier molecular flexibility index (Phi) is 4.59. The summed E-state index contributed by atoms with van der Waals surface area (Å²) in [6.45, 7) is 0.577. The van der Waals surface area contributed by atoms with Crippen LogP contribution in [0.2, 0.25) is 0 Å². The summed E-state index contributed by atoms with van der Waals surface area (Å²) < 4.78 is 16.3. The lowest BCUT2D eigenvalue weighted by Crippen LogP contribution is -2.25. The van der Waals surface area contributed by atoms with Gasteiger partial charge in [0.2, 0.25) is 6.79 Å². The van der Waals surface area contributed by atoms with Crippen molar-refractivity contribution in [3.05, 3.63) is 94.5 Å². The molecule has 0 aromatic heterocycles. The molecular weight excluding hydrogens is 382 g/mol. The topological polar surface area (TPSA) is 73.9 Å². The summed E-state index contributed by atoms with van der Waals surface area (Å²) in [6, 6.07) is 20.3. The molecule has 0 bridgehead atoms. The van der Waals surface area contributed by atoms with E-state index in [1.165, 1.54) is 0 Å². The number of esters is 1. The van der Waals surface area contributed by atoms with Crippen LogP contribution in [0.25, 0.3) is 0 Å². The van der Waals surface area contributed by atoms with Crippen LogP contribution >= 0.6 is 0 Å². The van der Waals surface area contributed by atoms with Crippen LogP contribution in [0.1, 0.15) is 43.5 Å². The van der Waals surface area contributed by atoms with Crippen molar-refractivity contribution < 1.29 is 23.8 Å². The monoisotopic (exact) mass is 401 g/mol. The first-order chi connectivity index (χ1) is 14.7. The molecular formula is C24H19NO5. The third kappa shape index (κ3) is 3.48. The highest BCUT2D eigenvalue weighted by Gasteiger charge is 2.28. The molecule has 0 aliphatic carbocycles. The number of carbonyl (C=O) groups excluding carboxylic acids is 2. The average Bonchev–Trinajstić information content (AvgIpc) is 3.25. The fourth-order valence-corrected chi connectivity index (χ4v) is 3.73. The van der Waals surface area contributed by atoms with Gasteiger partial charge in [0.15, 0.2) is 11.5 Å². The molecule has 0 unspecified atom stereocenters. The summed E-state index contributed by atoms with van der Waals surface area (Å²) in [5, 5.41) is 2.92. The Morgan fingerprint density at radius 1 is 0.967 bits per heavy atom. The van der Waals surface area contributed by atoms with Crippen molar-refractivity contribution in [3.8, 4) is 11.5 Å². The summed E-state index contributed by atoms with van der Waals surface area (Å²) in [5.74, 6) is 0.823. The fraction of sp³-hybridized carbons (Fsp3) is 0.167. The molecule has 150 valence electrons. The van der Waals surface area contributed by atoms with Crippen LogP contribution in [0, 0.1) is 0 Å². The zero-order valence-corrected chi connectivity index (χ0v) is 16.1. The summed E-state index contributed by atoms with van der Waals surface area (Å²) in [4.78, 5) is 25.1. The van der Waals surface area contributed by atoms with Crippen LogP contribution in [0.15, 0.2) is 66.7 Å². The molecule has 6 heteroatoms. The lowest BCUT2D eigenvalue weighted by atomic mass is 9.93. The molecule has 2 aliphatic heterocycles. The SMILES string of the molecule is O=C(NCc1ccc2c(c1)OCO2)c1ccc2c(c1)C[C@H](c1ccccc1)OC2=O. The normalized spacial score (nSPS) is 16.5. The van der Waals surface area contributed by atoms with E-state index in [4.69, 9.17) is 14.2 Å². The maximum atomic E-state index is 12.7. The van der Waals surface area contributed by atoms with Crippen LogP contribution in [0.3, 0.4) is 0 Å². The lowest BCUT2D eigenvalue weighted by Gasteiger charge is -2.25. The molecule has 6 nitrogen and oxygen atoms in total. The second kappa shape index (κ2) is 7.55. The summed E-state index contributed by atoms with van der Waals surface area (Å²) in [5.41, 5.74) is 3.69. The van der Waals surface area contributed by atoms with E-state index in [1.54, 1.807) is 18.2 Å². The molecule has 0 fully saturated rings. The van der Waals surface area contributed by atoms with E-state index in [1.807, 2.05) is 48.5 Å². The quantitative estimate of drug-likeness (QED) is 0.673. The largest absolute Gasteiger partial charge is 0.454 e. The first-order valence-electron chi connectivity index (χ1n) is 9.73. The van der Waals surface area contributed by atoms with Gasteiger partial charge in [-0.25, -0.2) is 4.79 Å². The van der Waals surface area contributed by atoms with E-state index in [9.17, 15) is 9.59 Å². The number of hydrogen-bond donors (Lipinski definition) is 1. The number of fused-ring (bicyclic) bond motifs is 2. The zero-order chi connectivity index (χ0) is 20.5. The van der Waals surface area contributed by atoms with Crippen LogP contribution in [-0.2, 0) is 17.7 Å². The van der Waals surface area contributed by atoms with Crippen molar-refractivity contribution >= 4 is 11.9 Å². The highest BCUT2D eigenvalue weighted by atomic mass is 16.7. The van der Waals surface area contributed by atoms with Gasteiger partial charge in [0.25, 0.3) is 5.91 Å². The third-order valence-electron chi connectivity index (χ3n) is 5.30. The number of hydrogen-bond acceptors (Lipinski definition) is 5. The Bertz CT molecular complexity index is 1130. The van der Waals surface area contributed by atoms with Crippen molar-refractivity contribution in [1.29, 1.82) is 0 Å². The van der Waals surface area contributed by atoms with Gasteiger partial charge >= 0.3 is 5.97 Å². The predicted molar refractivity (Wildman–Crippen MR) is 108 cm³/mol. The number of carbonyl (C=O) groups is 2. The molecule has 1 atom stereocenters. The highest BCUT2D eigenvalue weighted by molar-refractivity contribution is 5.97. The Hall–Kier alpha value is -3.80. The molecule has 3 aromatic rings. The molecule has 0 radical (unpaired) electrons. The van der Waals surface area contributed by atoms with Crippen molar-refractivity contribution in [2.45, 2.75) is 19.1 Å². The van der Waals surface area contributed by atoms with Crippen molar-refractivity contribution in [2.75, 3.05) is 6.79 Å². The maximum absolute atomic E-state index is 12.7. The zero-order valence-electron chi connectivity index (χ0n) is 16.1. The van der Waals surface area contributed by atoms with Crippen molar-refractivity contribution in [1.82, 2.24) is 5.32 Å². The van der Waals surface area contributed by atoms with Gasteiger partial charge in [0.05, 0.1) is 5.56 Å². The Morgan fingerprint density at radius 3 is 2.67 bits per heavy atom. The molecule has 2 aliphatic rings. The number of ether oxygens (including phenoxy) is 3. The standard InChI is InChI=1S/C24H19NO5/c26-23(25-13-15-6-9-20-22(10-15)29-14-28-20)17-7-8-19-18(11-17)12-21(30-24(19)27)16-4-2-1-3-5-16/h1-11,21H,12-14H2,(H,25,26)/t21-/m1/s1. The number of cyclic esters (lactones) is 1. The number of nitrogens with one attached hydrogen (secondary N) is 1. The second-order valence-corrected chi connectivity index (χ2v) is 7.25. The van der Waals surface area contributed by atoms with Gasteiger partial charge in [-0.3, -0.25) is 4.79 Å². The minimum absolute atomic E-state index is 0.203. The molecule has 1 amide bonds. The maximum Gasteiger partial charge on any atom is 0.339 e. The van der Waals surface area contributed by atoms with E-state index < -0.39 is 0 Å². The Labute approximate surface area is 173 Å². The van der Waals surface area contributed by atoms with E-state index in [0.717, 1.165) is 16.7 Å². The molecule has 3 aromatic carbocycles. The minimum Gasteiger partial charge on any atom is -0.454 e. The van der Waals surface area contributed by atoms with Crippen molar-refractivity contribution in [3.63, 3.8) is 0 Å². The molecule has 0 saturated heterocycles. The van der Waals surface area contributed by atoms with E-state index >= 15 is 0 Å². The van der Waals surface area contributed by atoms with Crippen LogP contribution < -0.4 is 14.8 Å². The van der Waals surface area contributed by atoms with E-state index in [2.05, 4.69) is 5.32 Å². The highest BCUT2D eigenvalue weighted by Crippen LogP contribution is 2.33. The molecule has 30 heavy (non-hydrogen) atoms. The Morgan fingerprint density at radius 2 is 1.80 bits per heavy atom. The van der Waals surface area contributed by atoms with Gasteiger partial charge in [0.1, 0.15) is 6.10 Å². The molecule has 5 rings (SSSR count). The van der Waals surface area contributed by atoms with Gasteiger partial charge in [0, 0.05) is 18.5 Å². The molecule has 0 saturated carbocycles. The third-order valence-corrected chi connectivity index (χ3v) is 5.30. The molecule has 2 heterocycles. The fourth-order valence-electron chi connectivity index (χ4n) is 3.73. The van der Waals surface area contributed by atoms with Crippen LogP contribution in [0.4, 0.5) is 0 Å². The van der Waals surface area contributed by atoms with Crippen molar-refractivity contribution in [2.24, 2.45) is 0 Å². The van der Waals surface area contributed by atoms with E-state index in [0.29, 0.717) is 35.6 Å². The van der Waals surface area contributed by atoms with E-state index in [-0.39, 0.29) is 24.8 Å². The smallest absolute Gasteiger partial charge is 0.339 e. The van der Waals surface area contributed by atoms with Gasteiger partial charge < -0.3 is 19.5 Å². The Balaban J connectivity index is 1.31. The average molecular weight is 401 g/mol.